The zero-order valence-electron chi connectivity index (χ0n) is 12.8. The van der Waals surface area contributed by atoms with Crippen LogP contribution in [0, 0.1) is 5.82 Å². The van der Waals surface area contributed by atoms with Crippen molar-refractivity contribution in [3.8, 4) is 0 Å². The molecule has 0 saturated heterocycles. The second kappa shape index (κ2) is 8.70. The van der Waals surface area contributed by atoms with E-state index in [9.17, 15) is 14.0 Å². The summed E-state index contributed by atoms with van der Waals surface area (Å²) in [5.41, 5.74) is 0.372. The maximum absolute atomic E-state index is 13.6. The van der Waals surface area contributed by atoms with Gasteiger partial charge in [0.15, 0.2) is 6.61 Å². The number of hydrogen-bond acceptors (Lipinski definition) is 4. The molecule has 0 spiro atoms. The van der Waals surface area contributed by atoms with Crippen LogP contribution in [-0.4, -0.2) is 24.2 Å². The van der Waals surface area contributed by atoms with Crippen molar-refractivity contribution in [1.82, 2.24) is 0 Å². The van der Waals surface area contributed by atoms with Crippen molar-refractivity contribution >= 4 is 40.9 Å². The van der Waals surface area contributed by atoms with E-state index < -0.39 is 24.3 Å². The van der Waals surface area contributed by atoms with Crippen molar-refractivity contribution in [2.45, 2.75) is 11.8 Å². The minimum absolute atomic E-state index is 0.0256. The lowest BCUT2D eigenvalue weighted by Gasteiger charge is -2.09. The Morgan fingerprint density at radius 3 is 2.71 bits per heavy atom. The van der Waals surface area contributed by atoms with E-state index in [0.29, 0.717) is 5.56 Å². The van der Waals surface area contributed by atoms with Crippen LogP contribution in [0.5, 0.6) is 0 Å². The summed E-state index contributed by atoms with van der Waals surface area (Å²) in [5, 5.41) is 2.55. The van der Waals surface area contributed by atoms with Crippen LogP contribution in [0.3, 0.4) is 0 Å². The number of nitrogens with one attached hydrogen (secondary N) is 1. The fourth-order valence-corrected chi connectivity index (χ4v) is 2.85. The Hall–Kier alpha value is -2.05. The van der Waals surface area contributed by atoms with Crippen LogP contribution in [0.15, 0.2) is 47.4 Å². The van der Waals surface area contributed by atoms with Crippen LogP contribution in [0.1, 0.15) is 17.3 Å². The number of ether oxygens (including phenoxy) is 1. The first-order valence-electron chi connectivity index (χ1n) is 7.15. The van der Waals surface area contributed by atoms with E-state index in [2.05, 4.69) is 5.32 Å². The van der Waals surface area contributed by atoms with Crippen LogP contribution < -0.4 is 5.32 Å². The van der Waals surface area contributed by atoms with Gasteiger partial charge in [0.05, 0.1) is 11.3 Å². The lowest BCUT2D eigenvalue weighted by Crippen LogP contribution is -2.21. The molecule has 2 aromatic carbocycles. The molecule has 2 rings (SSSR count). The average molecular weight is 368 g/mol. The van der Waals surface area contributed by atoms with E-state index in [4.69, 9.17) is 16.3 Å². The summed E-state index contributed by atoms with van der Waals surface area (Å²) in [6, 6.07) is 10.9. The number of halogens is 2. The fourth-order valence-electron chi connectivity index (χ4n) is 1.90. The van der Waals surface area contributed by atoms with Crippen molar-refractivity contribution in [1.29, 1.82) is 0 Å². The molecule has 0 bridgehead atoms. The van der Waals surface area contributed by atoms with E-state index in [1.54, 1.807) is 12.1 Å². The molecule has 0 aliphatic rings. The lowest BCUT2D eigenvalue weighted by molar-refractivity contribution is -0.119. The molecule has 4 nitrogen and oxygen atoms in total. The Kier molecular flexibility index (Phi) is 6.63. The van der Waals surface area contributed by atoms with E-state index in [-0.39, 0.29) is 10.7 Å². The first-order valence-corrected chi connectivity index (χ1v) is 8.51. The van der Waals surface area contributed by atoms with Crippen molar-refractivity contribution in [2.75, 3.05) is 17.7 Å². The molecule has 0 aromatic heterocycles. The van der Waals surface area contributed by atoms with Gasteiger partial charge in [0, 0.05) is 9.92 Å². The third kappa shape index (κ3) is 4.97. The Bertz CT molecular complexity index is 754. The van der Waals surface area contributed by atoms with Gasteiger partial charge in [-0.05, 0) is 36.1 Å². The second-order valence-corrected chi connectivity index (χ2v) is 6.42. The van der Waals surface area contributed by atoms with Gasteiger partial charge in [0.25, 0.3) is 5.91 Å². The van der Waals surface area contributed by atoms with E-state index in [1.807, 2.05) is 19.1 Å². The molecule has 1 amide bonds. The van der Waals surface area contributed by atoms with Crippen LogP contribution in [0.2, 0.25) is 5.02 Å². The van der Waals surface area contributed by atoms with Crippen LogP contribution in [0.25, 0.3) is 0 Å². The Morgan fingerprint density at radius 1 is 1.25 bits per heavy atom. The van der Waals surface area contributed by atoms with Crippen molar-refractivity contribution in [3.63, 3.8) is 0 Å². The second-order valence-electron chi connectivity index (χ2n) is 4.68. The Labute approximate surface area is 148 Å². The zero-order chi connectivity index (χ0) is 17.5. The molecule has 7 heteroatoms. The molecule has 0 aliphatic heterocycles. The molecule has 126 valence electrons. The van der Waals surface area contributed by atoms with Gasteiger partial charge >= 0.3 is 5.97 Å². The summed E-state index contributed by atoms with van der Waals surface area (Å²) in [5.74, 6) is -1.09. The molecule has 2 aromatic rings. The summed E-state index contributed by atoms with van der Waals surface area (Å²) >= 11 is 7.15. The Morgan fingerprint density at radius 2 is 2.00 bits per heavy atom. The number of thioether (sulfide) groups is 1. The zero-order valence-corrected chi connectivity index (χ0v) is 14.4. The van der Waals surface area contributed by atoms with E-state index >= 15 is 0 Å². The molecule has 0 aliphatic carbocycles. The fraction of sp³-hybridized carbons (Fsp3) is 0.176. The monoisotopic (exact) mass is 367 g/mol. The molecule has 0 unspecified atom stereocenters. The van der Waals surface area contributed by atoms with E-state index in [0.717, 1.165) is 16.7 Å². The highest BCUT2D eigenvalue weighted by atomic mass is 35.5. The standard InChI is InChI=1S/C17H15ClFNO3S/c1-2-24-15-6-4-3-5-12(15)17(22)23-10-16(21)20-14-8-7-11(18)9-13(14)19/h3-9H,2,10H2,1H3,(H,20,21). The summed E-state index contributed by atoms with van der Waals surface area (Å²) in [7, 11) is 0. The molecular weight excluding hydrogens is 353 g/mol. The SMILES string of the molecule is CCSc1ccccc1C(=O)OCC(=O)Nc1ccc(Cl)cc1F. The number of esters is 1. The number of benzene rings is 2. The summed E-state index contributed by atoms with van der Waals surface area (Å²) < 4.78 is 18.6. The number of rotatable bonds is 6. The van der Waals surface area contributed by atoms with Gasteiger partial charge in [0.2, 0.25) is 0 Å². The van der Waals surface area contributed by atoms with E-state index in [1.165, 1.54) is 23.9 Å². The normalized spacial score (nSPS) is 10.3. The molecule has 0 atom stereocenters. The van der Waals surface area contributed by atoms with Crippen LogP contribution >= 0.6 is 23.4 Å². The minimum atomic E-state index is -0.660. The van der Waals surface area contributed by atoms with Crippen molar-refractivity contribution in [2.24, 2.45) is 0 Å². The van der Waals surface area contributed by atoms with Gasteiger partial charge in [-0.1, -0.05) is 30.7 Å². The topological polar surface area (TPSA) is 55.4 Å². The highest BCUT2D eigenvalue weighted by Crippen LogP contribution is 2.23. The smallest absolute Gasteiger partial charge is 0.339 e. The molecule has 0 fully saturated rings. The molecular formula is C17H15ClFNO3S. The van der Waals surface area contributed by atoms with Gasteiger partial charge in [-0.15, -0.1) is 11.8 Å². The summed E-state index contributed by atoms with van der Waals surface area (Å²) in [6.45, 7) is 1.47. The molecule has 0 saturated carbocycles. The summed E-state index contributed by atoms with van der Waals surface area (Å²) in [4.78, 5) is 24.7. The summed E-state index contributed by atoms with van der Waals surface area (Å²) in [6.07, 6.45) is 0. The first-order chi connectivity index (χ1) is 11.5. The number of carbonyl (C=O) groups is 2. The lowest BCUT2D eigenvalue weighted by atomic mass is 10.2. The highest BCUT2D eigenvalue weighted by Gasteiger charge is 2.15. The number of hydrogen-bond donors (Lipinski definition) is 1. The number of amides is 1. The van der Waals surface area contributed by atoms with Gasteiger partial charge in [-0.3, -0.25) is 4.79 Å². The third-order valence-electron chi connectivity index (χ3n) is 2.95. The van der Waals surface area contributed by atoms with Crippen LogP contribution in [-0.2, 0) is 9.53 Å². The number of anilines is 1. The molecule has 1 N–H and O–H groups in total. The van der Waals surface area contributed by atoms with Gasteiger partial charge in [0.1, 0.15) is 5.82 Å². The van der Waals surface area contributed by atoms with Gasteiger partial charge in [-0.2, -0.15) is 0 Å². The highest BCUT2D eigenvalue weighted by molar-refractivity contribution is 7.99. The van der Waals surface area contributed by atoms with Gasteiger partial charge in [-0.25, -0.2) is 9.18 Å². The predicted octanol–water partition coefficient (Wildman–Crippen LogP) is 4.39. The first kappa shape index (κ1) is 18.3. The maximum atomic E-state index is 13.6. The largest absolute Gasteiger partial charge is 0.452 e. The molecule has 0 heterocycles. The quantitative estimate of drug-likeness (QED) is 0.607. The number of carbonyl (C=O) groups excluding carboxylic acids is 2. The maximum Gasteiger partial charge on any atom is 0.339 e. The average Bonchev–Trinajstić information content (AvgIpc) is 2.56. The molecule has 24 heavy (non-hydrogen) atoms. The van der Waals surface area contributed by atoms with Crippen LogP contribution in [0.4, 0.5) is 10.1 Å². The third-order valence-corrected chi connectivity index (χ3v) is 4.14. The van der Waals surface area contributed by atoms with Crippen molar-refractivity contribution < 1.29 is 18.7 Å². The Balaban J connectivity index is 1.95. The molecule has 0 radical (unpaired) electrons. The van der Waals surface area contributed by atoms with Gasteiger partial charge < -0.3 is 10.1 Å². The van der Waals surface area contributed by atoms with Crippen molar-refractivity contribution in [3.05, 3.63) is 58.9 Å². The predicted molar refractivity (Wildman–Crippen MR) is 93.2 cm³/mol. The minimum Gasteiger partial charge on any atom is -0.452 e.